The van der Waals surface area contributed by atoms with Crippen LogP contribution in [0.1, 0.15) is 57.8 Å². The third kappa shape index (κ3) is 23.5. The summed E-state index contributed by atoms with van der Waals surface area (Å²) in [5.74, 6) is 0. The van der Waals surface area contributed by atoms with Crippen LogP contribution in [0, 0.1) is 0 Å². The molecule has 0 aromatic rings. The molecular formula is C15H30Cl3CrN3-3. The van der Waals surface area contributed by atoms with Crippen molar-refractivity contribution in [3.05, 3.63) is 16.0 Å². The molecule has 3 nitrogen and oxygen atoms in total. The molecule has 7 heteroatoms. The van der Waals surface area contributed by atoms with Crippen LogP contribution in [0.25, 0.3) is 16.0 Å². The van der Waals surface area contributed by atoms with E-state index in [2.05, 4.69) is 16.0 Å². The van der Waals surface area contributed by atoms with Gasteiger partial charge in [0.05, 0.1) is 0 Å². The van der Waals surface area contributed by atoms with Crippen molar-refractivity contribution in [2.24, 2.45) is 0 Å². The maximum absolute atomic E-state index is 4.93. The molecule has 0 radical (unpaired) electrons. The van der Waals surface area contributed by atoms with E-state index in [1.54, 1.807) is 0 Å². The van der Waals surface area contributed by atoms with E-state index in [9.17, 15) is 0 Å². The van der Waals surface area contributed by atoms with Crippen LogP contribution < -0.4 is 0 Å². The van der Waals surface area contributed by atoms with Crippen molar-refractivity contribution in [2.75, 3.05) is 39.3 Å². The molecule has 0 aromatic carbocycles. The van der Waals surface area contributed by atoms with E-state index in [0.29, 0.717) is 0 Å². The number of hydrogen-bond acceptors (Lipinski definition) is 0. The molecule has 0 spiro atoms. The monoisotopic (exact) mass is 409 g/mol. The molecule has 0 bridgehead atoms. The minimum atomic E-state index is -1.62. The van der Waals surface area contributed by atoms with Gasteiger partial charge in [0.1, 0.15) is 0 Å². The van der Waals surface area contributed by atoms with Crippen molar-refractivity contribution in [1.29, 1.82) is 0 Å². The molecule has 3 fully saturated rings. The molecule has 0 saturated carbocycles. The fourth-order valence-corrected chi connectivity index (χ4v) is 2.21. The standard InChI is InChI=1S/3C5H10N.3ClH.Cr/c3*1-2-4-6-5-3-1;;;;/h3*1-5H2;3*1H;/q3*-1;;;;+3/p-3. The quantitative estimate of drug-likeness (QED) is 0.426. The first kappa shape index (κ1) is 23.3. The predicted molar refractivity (Wildman–Crippen MR) is 98.4 cm³/mol. The second-order valence-electron chi connectivity index (χ2n) is 5.37. The summed E-state index contributed by atoms with van der Waals surface area (Å²) >= 11 is -1.62. The van der Waals surface area contributed by atoms with E-state index in [0.717, 1.165) is 39.3 Å². The Morgan fingerprint density at radius 2 is 0.591 bits per heavy atom. The fourth-order valence-electron chi connectivity index (χ4n) is 2.21. The molecule has 3 rings (SSSR count). The van der Waals surface area contributed by atoms with Crippen molar-refractivity contribution < 1.29 is 11.4 Å². The Morgan fingerprint density at radius 3 is 0.636 bits per heavy atom. The van der Waals surface area contributed by atoms with Crippen LogP contribution >= 0.6 is 30.1 Å². The Kier molecular flexibility index (Phi) is 21.5. The van der Waals surface area contributed by atoms with Crippen molar-refractivity contribution >= 4 is 30.1 Å². The van der Waals surface area contributed by atoms with Gasteiger partial charge < -0.3 is 16.0 Å². The topological polar surface area (TPSA) is 42.3 Å². The summed E-state index contributed by atoms with van der Waals surface area (Å²) in [5, 5.41) is 12.5. The van der Waals surface area contributed by atoms with Gasteiger partial charge in [-0.1, -0.05) is 57.8 Å². The summed E-state index contributed by atoms with van der Waals surface area (Å²) in [4.78, 5) is 0. The molecular weight excluding hydrogens is 381 g/mol. The first-order valence-electron chi connectivity index (χ1n) is 8.36. The van der Waals surface area contributed by atoms with Crippen molar-refractivity contribution in [1.82, 2.24) is 0 Å². The molecule has 3 aliphatic rings. The molecule has 3 saturated heterocycles. The summed E-state index contributed by atoms with van der Waals surface area (Å²) in [6.45, 7) is 6.75. The summed E-state index contributed by atoms with van der Waals surface area (Å²) in [6, 6.07) is 0. The van der Waals surface area contributed by atoms with Gasteiger partial charge in [0, 0.05) is 0 Å². The first-order chi connectivity index (χ1) is 10.7. The number of nitrogens with zero attached hydrogens (tertiary/aromatic N) is 3. The zero-order valence-corrected chi connectivity index (χ0v) is 17.0. The Bertz CT molecular complexity index is 135. The molecule has 3 heterocycles. The number of halogens is 3. The third-order valence-corrected chi connectivity index (χ3v) is 3.40. The second kappa shape index (κ2) is 20.3. The van der Waals surface area contributed by atoms with Gasteiger partial charge >= 0.3 is 41.5 Å². The molecule has 0 atom stereocenters. The van der Waals surface area contributed by atoms with E-state index >= 15 is 0 Å². The van der Waals surface area contributed by atoms with Crippen LogP contribution in [0.15, 0.2) is 0 Å². The normalized spacial score (nSPS) is 21.3. The Balaban J connectivity index is 0.000000271. The maximum atomic E-state index is 4.93. The van der Waals surface area contributed by atoms with Gasteiger partial charge in [-0.15, -0.1) is 39.3 Å². The van der Waals surface area contributed by atoms with E-state index in [1.165, 1.54) is 57.8 Å². The zero-order valence-electron chi connectivity index (χ0n) is 13.5. The summed E-state index contributed by atoms with van der Waals surface area (Å²) in [7, 11) is 14.8. The minimum absolute atomic E-state index is 1.12. The molecule has 0 amide bonds. The van der Waals surface area contributed by atoms with Gasteiger partial charge in [-0.2, -0.15) is 0 Å². The zero-order chi connectivity index (χ0) is 16.3. The average Bonchev–Trinajstić information content (AvgIpc) is 2.60. The molecule has 0 aliphatic carbocycles. The van der Waals surface area contributed by atoms with Gasteiger partial charge in [-0.25, -0.2) is 0 Å². The Hall–Kier alpha value is 1.28. The first-order valence-corrected chi connectivity index (χ1v) is 13.6. The Morgan fingerprint density at radius 1 is 0.409 bits per heavy atom. The average molecular weight is 411 g/mol. The van der Waals surface area contributed by atoms with Crippen molar-refractivity contribution in [3.63, 3.8) is 0 Å². The second-order valence-corrected chi connectivity index (χ2v) is 11.7. The number of piperidine rings is 3. The summed E-state index contributed by atoms with van der Waals surface area (Å²) < 4.78 is 0. The van der Waals surface area contributed by atoms with Gasteiger partial charge in [0.15, 0.2) is 0 Å². The molecule has 0 aromatic heterocycles. The van der Waals surface area contributed by atoms with Gasteiger partial charge in [-0.05, 0) is 0 Å². The third-order valence-electron chi connectivity index (χ3n) is 3.40. The van der Waals surface area contributed by atoms with E-state index in [1.807, 2.05) is 0 Å². The van der Waals surface area contributed by atoms with Crippen LogP contribution in [0.3, 0.4) is 0 Å². The van der Waals surface area contributed by atoms with Gasteiger partial charge in [0.2, 0.25) is 0 Å². The van der Waals surface area contributed by atoms with E-state index in [-0.39, 0.29) is 0 Å². The van der Waals surface area contributed by atoms with Crippen LogP contribution in [0.4, 0.5) is 0 Å². The summed E-state index contributed by atoms with van der Waals surface area (Å²) in [5.41, 5.74) is 0. The predicted octanol–water partition coefficient (Wildman–Crippen LogP) is 6.70. The fraction of sp³-hybridized carbons (Fsp3) is 1.00. The SMILES string of the molecule is C1CC[N-]CC1.C1CC[N-]CC1.C1CC[N-]CC1.[Cl][Cr]([Cl])[Cl]. The number of hydrogen-bond donors (Lipinski definition) is 0. The Labute approximate surface area is 154 Å². The molecule has 135 valence electrons. The van der Waals surface area contributed by atoms with Crippen molar-refractivity contribution in [3.8, 4) is 0 Å². The van der Waals surface area contributed by atoms with Gasteiger partial charge in [-0.3, -0.25) is 0 Å². The van der Waals surface area contributed by atoms with E-state index in [4.69, 9.17) is 30.1 Å². The van der Waals surface area contributed by atoms with Crippen LogP contribution in [0.5, 0.6) is 0 Å². The molecule has 0 unspecified atom stereocenters. The van der Waals surface area contributed by atoms with Crippen LogP contribution in [-0.4, -0.2) is 39.3 Å². The van der Waals surface area contributed by atoms with E-state index < -0.39 is 11.4 Å². The van der Waals surface area contributed by atoms with Crippen LogP contribution in [0.2, 0.25) is 0 Å². The summed E-state index contributed by atoms with van der Waals surface area (Å²) in [6.07, 6.45) is 12.2. The van der Waals surface area contributed by atoms with Crippen molar-refractivity contribution in [2.45, 2.75) is 57.8 Å². The molecule has 3 aliphatic heterocycles. The number of rotatable bonds is 0. The molecule has 0 N–H and O–H groups in total. The van der Waals surface area contributed by atoms with Crippen LogP contribution in [-0.2, 0) is 11.4 Å². The van der Waals surface area contributed by atoms with Gasteiger partial charge in [0.25, 0.3) is 0 Å². The molecule has 22 heavy (non-hydrogen) atoms.